The van der Waals surface area contributed by atoms with E-state index in [1.54, 1.807) is 0 Å². The van der Waals surface area contributed by atoms with Crippen molar-refractivity contribution in [2.45, 2.75) is 38.5 Å². The molecular formula is C8H14N3OS. The van der Waals surface area contributed by atoms with Crippen molar-refractivity contribution in [1.82, 2.24) is 10.9 Å². The van der Waals surface area contributed by atoms with E-state index in [4.69, 9.17) is 0 Å². The number of rotatable bonds is 3. The lowest BCUT2D eigenvalue weighted by Gasteiger charge is -1.98. The summed E-state index contributed by atoms with van der Waals surface area (Å²) < 4.78 is 0. The van der Waals surface area contributed by atoms with Crippen LogP contribution in [0.3, 0.4) is 0 Å². The molecule has 1 saturated heterocycles. The third kappa shape index (κ3) is 3.36. The van der Waals surface area contributed by atoms with Crippen LogP contribution in [0, 0.1) is 0 Å². The molecule has 73 valence electrons. The molecule has 0 aromatic rings. The SMILES string of the molecule is CCCC(=O)N=C1[N]NC(CC)S1. The molecule has 1 heterocycles. The molecule has 0 aliphatic carbocycles. The van der Waals surface area contributed by atoms with E-state index in [1.807, 2.05) is 6.92 Å². The summed E-state index contributed by atoms with van der Waals surface area (Å²) in [5.41, 5.74) is 6.86. The second-order valence-electron chi connectivity index (χ2n) is 2.79. The minimum atomic E-state index is -0.0766. The number of amides is 1. The maximum Gasteiger partial charge on any atom is 0.248 e. The average molecular weight is 200 g/mol. The Kier molecular flexibility index (Phi) is 4.24. The van der Waals surface area contributed by atoms with Crippen LogP contribution in [0.1, 0.15) is 33.1 Å². The summed E-state index contributed by atoms with van der Waals surface area (Å²) in [6.45, 7) is 4.03. The predicted octanol–water partition coefficient (Wildman–Crippen LogP) is 1.26. The van der Waals surface area contributed by atoms with E-state index in [-0.39, 0.29) is 11.3 Å². The highest BCUT2D eigenvalue weighted by atomic mass is 32.2. The van der Waals surface area contributed by atoms with Gasteiger partial charge in [0.25, 0.3) is 0 Å². The van der Waals surface area contributed by atoms with Crippen LogP contribution < -0.4 is 10.9 Å². The van der Waals surface area contributed by atoms with Gasteiger partial charge in [0, 0.05) is 6.42 Å². The molecule has 1 amide bonds. The highest BCUT2D eigenvalue weighted by Crippen LogP contribution is 2.18. The van der Waals surface area contributed by atoms with Crippen molar-refractivity contribution in [2.75, 3.05) is 0 Å². The van der Waals surface area contributed by atoms with Gasteiger partial charge < -0.3 is 0 Å². The fourth-order valence-corrected chi connectivity index (χ4v) is 1.70. The van der Waals surface area contributed by atoms with Gasteiger partial charge >= 0.3 is 0 Å². The van der Waals surface area contributed by atoms with E-state index in [0.717, 1.165) is 12.8 Å². The number of nitrogens with zero attached hydrogens (tertiary/aromatic N) is 2. The summed E-state index contributed by atoms with van der Waals surface area (Å²) in [5.74, 6) is -0.0766. The maximum atomic E-state index is 11.1. The average Bonchev–Trinajstić information content (AvgIpc) is 2.52. The van der Waals surface area contributed by atoms with Crippen LogP contribution in [0.2, 0.25) is 0 Å². The predicted molar refractivity (Wildman–Crippen MR) is 54.3 cm³/mol. The Balaban J connectivity index is 2.40. The lowest BCUT2D eigenvalue weighted by Crippen LogP contribution is -2.24. The number of hydrogen-bond donors (Lipinski definition) is 1. The summed E-state index contributed by atoms with van der Waals surface area (Å²) >= 11 is 1.52. The Morgan fingerprint density at radius 3 is 3.00 bits per heavy atom. The zero-order chi connectivity index (χ0) is 9.68. The molecule has 0 aromatic heterocycles. The van der Waals surface area contributed by atoms with E-state index in [0.29, 0.717) is 11.6 Å². The molecule has 1 atom stereocenters. The number of amidine groups is 1. The van der Waals surface area contributed by atoms with Crippen molar-refractivity contribution >= 4 is 22.8 Å². The molecule has 0 aromatic carbocycles. The van der Waals surface area contributed by atoms with Crippen molar-refractivity contribution < 1.29 is 4.79 Å². The third-order valence-electron chi connectivity index (χ3n) is 1.61. The number of aliphatic imine (C=N–C) groups is 1. The summed E-state index contributed by atoms with van der Waals surface area (Å²) in [4.78, 5) is 15.0. The van der Waals surface area contributed by atoms with Gasteiger partial charge in [0.05, 0.1) is 5.37 Å². The quantitative estimate of drug-likeness (QED) is 0.746. The number of thioether (sulfide) groups is 1. The topological polar surface area (TPSA) is 55.6 Å². The van der Waals surface area contributed by atoms with Gasteiger partial charge in [-0.3, -0.25) is 4.79 Å². The summed E-state index contributed by atoms with van der Waals surface area (Å²) in [5, 5.41) is 0.860. The Labute approximate surface area is 82.5 Å². The molecular weight excluding hydrogens is 186 g/mol. The molecule has 1 fully saturated rings. The highest BCUT2D eigenvalue weighted by molar-refractivity contribution is 8.14. The maximum absolute atomic E-state index is 11.1. The first kappa shape index (κ1) is 10.5. The molecule has 1 rings (SSSR count). The molecule has 0 bridgehead atoms. The van der Waals surface area contributed by atoms with Gasteiger partial charge in [-0.25, -0.2) is 0 Å². The Hall–Kier alpha value is -0.550. The number of hydrogen-bond acceptors (Lipinski definition) is 3. The summed E-state index contributed by atoms with van der Waals surface area (Å²) in [6.07, 6.45) is 2.33. The largest absolute Gasteiger partial charge is 0.273 e. The smallest absolute Gasteiger partial charge is 0.248 e. The number of carbonyl (C=O) groups is 1. The first-order valence-corrected chi connectivity index (χ1v) is 5.38. The van der Waals surface area contributed by atoms with E-state index in [9.17, 15) is 4.79 Å². The molecule has 1 aliphatic rings. The minimum absolute atomic E-state index is 0.0766. The van der Waals surface area contributed by atoms with Gasteiger partial charge in [-0.15, -0.1) is 0 Å². The highest BCUT2D eigenvalue weighted by Gasteiger charge is 2.20. The van der Waals surface area contributed by atoms with Crippen molar-refractivity contribution in [3.05, 3.63) is 0 Å². The Morgan fingerprint density at radius 1 is 1.69 bits per heavy atom. The molecule has 1 N–H and O–H groups in total. The molecule has 4 nitrogen and oxygen atoms in total. The first-order chi connectivity index (χ1) is 6.26. The molecule has 0 spiro atoms. The van der Waals surface area contributed by atoms with E-state index >= 15 is 0 Å². The zero-order valence-corrected chi connectivity index (χ0v) is 8.73. The summed E-state index contributed by atoms with van der Waals surface area (Å²) in [6, 6.07) is 0. The monoisotopic (exact) mass is 200 g/mol. The number of nitrogens with one attached hydrogen (secondary N) is 1. The van der Waals surface area contributed by atoms with Gasteiger partial charge in [-0.1, -0.05) is 25.6 Å². The van der Waals surface area contributed by atoms with Crippen molar-refractivity contribution in [1.29, 1.82) is 0 Å². The van der Waals surface area contributed by atoms with Crippen LogP contribution in [0.25, 0.3) is 0 Å². The van der Waals surface area contributed by atoms with Crippen LogP contribution in [0.15, 0.2) is 4.99 Å². The van der Waals surface area contributed by atoms with E-state index in [2.05, 4.69) is 22.8 Å². The van der Waals surface area contributed by atoms with Crippen molar-refractivity contribution in [2.24, 2.45) is 4.99 Å². The second kappa shape index (κ2) is 5.24. The van der Waals surface area contributed by atoms with Gasteiger partial charge in [0.2, 0.25) is 11.1 Å². The Morgan fingerprint density at radius 2 is 2.46 bits per heavy atom. The molecule has 13 heavy (non-hydrogen) atoms. The fourth-order valence-electron chi connectivity index (χ4n) is 0.910. The van der Waals surface area contributed by atoms with Gasteiger partial charge in [0.15, 0.2) is 0 Å². The third-order valence-corrected chi connectivity index (χ3v) is 2.72. The minimum Gasteiger partial charge on any atom is -0.273 e. The van der Waals surface area contributed by atoms with Crippen molar-refractivity contribution in [3.63, 3.8) is 0 Å². The molecule has 0 saturated carbocycles. The van der Waals surface area contributed by atoms with Crippen molar-refractivity contribution in [3.8, 4) is 0 Å². The summed E-state index contributed by atoms with van der Waals surface area (Å²) in [7, 11) is 0. The Bertz CT molecular complexity index is 217. The van der Waals surface area contributed by atoms with Gasteiger partial charge in [-0.05, 0) is 12.8 Å². The normalized spacial score (nSPS) is 24.8. The second-order valence-corrected chi connectivity index (χ2v) is 3.96. The van der Waals surface area contributed by atoms with Crippen LogP contribution >= 0.6 is 11.8 Å². The lowest BCUT2D eigenvalue weighted by molar-refractivity contribution is -0.117. The fraction of sp³-hybridized carbons (Fsp3) is 0.750. The number of carbonyl (C=O) groups excluding carboxylic acids is 1. The molecule has 1 unspecified atom stereocenters. The van der Waals surface area contributed by atoms with Crippen LogP contribution in [-0.4, -0.2) is 16.4 Å². The molecule has 1 radical (unpaired) electrons. The van der Waals surface area contributed by atoms with E-state index in [1.165, 1.54) is 11.8 Å². The van der Waals surface area contributed by atoms with Gasteiger partial charge in [0.1, 0.15) is 0 Å². The standard InChI is InChI=1S/C8H14N3OS/c1-3-5-6(12)9-8-11-10-7(4-2)13-8/h7,10H,3-5H2,1-2H3. The van der Waals surface area contributed by atoms with Crippen LogP contribution in [0.4, 0.5) is 0 Å². The first-order valence-electron chi connectivity index (χ1n) is 4.50. The van der Waals surface area contributed by atoms with Crippen LogP contribution in [0.5, 0.6) is 0 Å². The lowest BCUT2D eigenvalue weighted by atomic mass is 10.3. The zero-order valence-electron chi connectivity index (χ0n) is 7.91. The van der Waals surface area contributed by atoms with E-state index < -0.39 is 0 Å². The molecule has 5 heteroatoms. The molecule has 1 aliphatic heterocycles. The van der Waals surface area contributed by atoms with Gasteiger partial charge in [-0.2, -0.15) is 15.8 Å². The van der Waals surface area contributed by atoms with Crippen LogP contribution in [-0.2, 0) is 4.79 Å².